The van der Waals surface area contributed by atoms with Gasteiger partial charge in [0, 0.05) is 25.7 Å². The van der Waals surface area contributed by atoms with Crippen LogP contribution in [0, 0.1) is 0 Å². The molecule has 0 aromatic rings. The van der Waals surface area contributed by atoms with Crippen molar-refractivity contribution in [3.05, 3.63) is 0 Å². The number of nitrogens with one attached hydrogen (secondary N) is 2. The van der Waals surface area contributed by atoms with Crippen LogP contribution in [-0.4, -0.2) is 56.8 Å². The molecule has 0 fully saturated rings. The molecule has 0 aliphatic carbocycles. The number of aliphatic imine (C=N–C) groups is 1. The van der Waals surface area contributed by atoms with E-state index in [4.69, 9.17) is 10.6 Å². The van der Waals surface area contributed by atoms with Crippen LogP contribution in [0.4, 0.5) is 0 Å². The molecule has 18 heavy (non-hydrogen) atoms. The van der Waals surface area contributed by atoms with Crippen molar-refractivity contribution in [1.82, 2.24) is 15.6 Å². The first kappa shape index (κ1) is 17.2. The largest absolute Gasteiger partial charge is 0.383 e. The van der Waals surface area contributed by atoms with Gasteiger partial charge in [-0.05, 0) is 40.8 Å². The van der Waals surface area contributed by atoms with Gasteiger partial charge in [0.1, 0.15) is 0 Å². The first-order valence-electron chi connectivity index (χ1n) is 6.48. The predicted molar refractivity (Wildman–Crippen MR) is 76.5 cm³/mol. The van der Waals surface area contributed by atoms with Gasteiger partial charge >= 0.3 is 0 Å². The maximum atomic E-state index is 5.41. The van der Waals surface area contributed by atoms with E-state index in [1.807, 2.05) is 6.92 Å². The molecule has 4 N–H and O–H groups in total. The molecule has 0 spiro atoms. The van der Waals surface area contributed by atoms with Crippen LogP contribution in [0.15, 0.2) is 4.99 Å². The van der Waals surface area contributed by atoms with Crippen molar-refractivity contribution in [3.63, 3.8) is 0 Å². The quantitative estimate of drug-likeness (QED) is 0.190. The summed E-state index contributed by atoms with van der Waals surface area (Å²) in [5, 5.41) is 3.15. The topological polar surface area (TPSA) is 74.9 Å². The van der Waals surface area contributed by atoms with E-state index in [1.54, 1.807) is 7.11 Å². The minimum atomic E-state index is 0.183. The molecule has 6 heteroatoms. The van der Waals surface area contributed by atoms with Gasteiger partial charge in [0.2, 0.25) is 5.96 Å². The van der Waals surface area contributed by atoms with Gasteiger partial charge in [-0.3, -0.25) is 10.4 Å². The lowest BCUT2D eigenvalue weighted by atomic mass is 10.3. The van der Waals surface area contributed by atoms with Crippen LogP contribution >= 0.6 is 0 Å². The lowest BCUT2D eigenvalue weighted by Crippen LogP contribution is -2.47. The number of hydrogen-bond acceptors (Lipinski definition) is 4. The van der Waals surface area contributed by atoms with Crippen LogP contribution in [-0.2, 0) is 4.74 Å². The average molecular weight is 259 g/mol. The maximum Gasteiger partial charge on any atom is 0.206 e. The van der Waals surface area contributed by atoms with E-state index >= 15 is 0 Å². The van der Waals surface area contributed by atoms with Crippen LogP contribution in [0.25, 0.3) is 0 Å². The fraction of sp³-hybridized carbons (Fsp3) is 0.917. The third kappa shape index (κ3) is 8.27. The highest BCUT2D eigenvalue weighted by molar-refractivity contribution is 5.79. The van der Waals surface area contributed by atoms with Crippen molar-refractivity contribution < 1.29 is 4.74 Å². The molecular weight excluding hydrogens is 230 g/mol. The summed E-state index contributed by atoms with van der Waals surface area (Å²) in [4.78, 5) is 6.68. The van der Waals surface area contributed by atoms with E-state index in [0.29, 0.717) is 18.6 Å². The van der Waals surface area contributed by atoms with Gasteiger partial charge in [-0.1, -0.05) is 0 Å². The summed E-state index contributed by atoms with van der Waals surface area (Å²) < 4.78 is 5.04. The van der Waals surface area contributed by atoms with Crippen LogP contribution in [0.1, 0.15) is 27.2 Å². The van der Waals surface area contributed by atoms with E-state index in [1.165, 1.54) is 0 Å². The van der Waals surface area contributed by atoms with Gasteiger partial charge in [-0.2, -0.15) is 0 Å². The number of hydrogen-bond donors (Lipinski definition) is 3. The smallest absolute Gasteiger partial charge is 0.206 e. The highest BCUT2D eigenvalue weighted by Crippen LogP contribution is 1.95. The van der Waals surface area contributed by atoms with Gasteiger partial charge in [-0.15, -0.1) is 0 Å². The number of rotatable bonds is 8. The Balaban J connectivity index is 3.90. The summed E-state index contributed by atoms with van der Waals surface area (Å²) in [6.45, 7) is 8.80. The normalized spacial score (nSPS) is 14.1. The molecule has 0 amide bonds. The predicted octanol–water partition coefficient (Wildman–Crippen LogP) is 0.161. The Bertz CT molecular complexity index is 233. The maximum absolute atomic E-state index is 5.41. The molecule has 0 bridgehead atoms. The summed E-state index contributed by atoms with van der Waals surface area (Å²) in [6.07, 6.45) is 1.01. The molecule has 1 atom stereocenters. The summed E-state index contributed by atoms with van der Waals surface area (Å²) in [5.41, 5.74) is 2.57. The Morgan fingerprint density at radius 2 is 2.06 bits per heavy atom. The molecule has 0 heterocycles. The molecule has 0 aromatic heterocycles. The first-order chi connectivity index (χ1) is 8.51. The van der Waals surface area contributed by atoms with E-state index in [2.05, 4.69) is 41.5 Å². The van der Waals surface area contributed by atoms with E-state index in [0.717, 1.165) is 19.5 Å². The van der Waals surface area contributed by atoms with Crippen molar-refractivity contribution in [2.75, 3.05) is 33.9 Å². The molecule has 0 saturated heterocycles. The van der Waals surface area contributed by atoms with Gasteiger partial charge in [0.25, 0.3) is 0 Å². The van der Waals surface area contributed by atoms with Crippen molar-refractivity contribution in [1.29, 1.82) is 0 Å². The average Bonchev–Trinajstić information content (AvgIpc) is 2.32. The number of methoxy groups -OCH3 is 1. The number of hydrazine groups is 1. The summed E-state index contributed by atoms with van der Waals surface area (Å²) in [6, 6.07) is 0.754. The molecule has 6 nitrogen and oxygen atoms in total. The van der Waals surface area contributed by atoms with Crippen LogP contribution in [0.3, 0.4) is 0 Å². The monoisotopic (exact) mass is 259 g/mol. The Morgan fingerprint density at radius 1 is 1.39 bits per heavy atom. The standard InChI is InChI=1S/C12H29N5O/c1-10(2)17(4)8-6-7-14-12(16-13)15-11(3)9-18-5/h10-11H,6-9,13H2,1-5H3,(H2,14,15,16). The number of nitrogens with two attached hydrogens (primary N) is 1. The van der Waals surface area contributed by atoms with Crippen LogP contribution in [0.5, 0.6) is 0 Å². The molecular formula is C12H29N5O. The minimum Gasteiger partial charge on any atom is -0.383 e. The summed E-state index contributed by atoms with van der Waals surface area (Å²) in [7, 11) is 3.79. The second-order valence-electron chi connectivity index (χ2n) is 4.80. The molecule has 0 aromatic carbocycles. The molecule has 108 valence electrons. The third-order valence-electron chi connectivity index (χ3n) is 2.76. The Kier molecular flexibility index (Phi) is 9.63. The van der Waals surface area contributed by atoms with Crippen molar-refractivity contribution in [3.8, 4) is 0 Å². The highest BCUT2D eigenvalue weighted by atomic mass is 16.5. The zero-order valence-electron chi connectivity index (χ0n) is 12.4. The molecule has 0 aliphatic rings. The fourth-order valence-electron chi connectivity index (χ4n) is 1.43. The van der Waals surface area contributed by atoms with E-state index in [-0.39, 0.29) is 6.04 Å². The van der Waals surface area contributed by atoms with Gasteiger partial charge in [0.15, 0.2) is 0 Å². The summed E-state index contributed by atoms with van der Waals surface area (Å²) in [5.74, 6) is 6.03. The zero-order chi connectivity index (χ0) is 14.0. The second kappa shape index (κ2) is 10.1. The lowest BCUT2D eigenvalue weighted by molar-refractivity contribution is 0.179. The third-order valence-corrected chi connectivity index (χ3v) is 2.76. The number of nitrogens with zero attached hydrogens (tertiary/aromatic N) is 2. The second-order valence-corrected chi connectivity index (χ2v) is 4.80. The van der Waals surface area contributed by atoms with Gasteiger partial charge in [-0.25, -0.2) is 5.84 Å². The van der Waals surface area contributed by atoms with E-state index in [9.17, 15) is 0 Å². The molecule has 0 aliphatic heterocycles. The van der Waals surface area contributed by atoms with Crippen LogP contribution in [0.2, 0.25) is 0 Å². The molecule has 1 unspecified atom stereocenters. The Hall–Kier alpha value is -0.850. The zero-order valence-corrected chi connectivity index (χ0v) is 12.4. The molecule has 0 saturated carbocycles. The minimum absolute atomic E-state index is 0.183. The van der Waals surface area contributed by atoms with E-state index < -0.39 is 0 Å². The molecule has 0 radical (unpaired) electrons. The fourth-order valence-corrected chi connectivity index (χ4v) is 1.43. The number of guanidine groups is 1. The number of ether oxygens (including phenoxy) is 1. The lowest BCUT2D eigenvalue weighted by Gasteiger charge is -2.20. The highest BCUT2D eigenvalue weighted by Gasteiger charge is 2.04. The Labute approximate surface area is 111 Å². The Morgan fingerprint density at radius 3 is 2.56 bits per heavy atom. The van der Waals surface area contributed by atoms with Crippen molar-refractivity contribution in [2.24, 2.45) is 10.8 Å². The molecule has 0 rings (SSSR count). The van der Waals surface area contributed by atoms with Crippen LogP contribution < -0.4 is 16.6 Å². The SMILES string of the molecule is COCC(C)NC(=NCCCN(C)C(C)C)NN. The van der Waals surface area contributed by atoms with Gasteiger partial charge < -0.3 is 15.0 Å². The van der Waals surface area contributed by atoms with Crippen molar-refractivity contribution >= 4 is 5.96 Å². The summed E-state index contributed by atoms with van der Waals surface area (Å²) >= 11 is 0. The first-order valence-corrected chi connectivity index (χ1v) is 6.48. The van der Waals surface area contributed by atoms with Crippen molar-refractivity contribution in [2.45, 2.75) is 39.3 Å². The van der Waals surface area contributed by atoms with Gasteiger partial charge in [0.05, 0.1) is 6.61 Å².